The summed E-state index contributed by atoms with van der Waals surface area (Å²) < 4.78 is 0. The highest BCUT2D eigenvalue weighted by atomic mass is 16.7. The predicted molar refractivity (Wildman–Crippen MR) is 41.3 cm³/mol. The van der Waals surface area contributed by atoms with Gasteiger partial charge in [-0.25, -0.2) is 4.79 Å². The van der Waals surface area contributed by atoms with Crippen LogP contribution in [0.5, 0.6) is 0 Å². The van der Waals surface area contributed by atoms with Gasteiger partial charge in [0.25, 0.3) is 0 Å². The van der Waals surface area contributed by atoms with E-state index in [4.69, 9.17) is 5.11 Å². The summed E-state index contributed by atoms with van der Waals surface area (Å²) in [4.78, 5) is 14.4. The molecule has 4 nitrogen and oxygen atoms in total. The van der Waals surface area contributed by atoms with Crippen molar-refractivity contribution in [3.05, 3.63) is 0 Å². The number of unbranched alkanes of at least 4 members (excludes halogenated alkanes) is 3. The molecule has 0 saturated carbocycles. The molecule has 0 atom stereocenters. The second-order valence-corrected chi connectivity index (χ2v) is 2.32. The second-order valence-electron chi connectivity index (χ2n) is 2.32. The maximum absolute atomic E-state index is 9.85. The van der Waals surface area contributed by atoms with Gasteiger partial charge < -0.3 is 5.11 Å². The van der Waals surface area contributed by atoms with E-state index < -0.39 is 6.09 Å². The van der Waals surface area contributed by atoms with Crippen LogP contribution in [0.25, 0.3) is 0 Å². The summed E-state index contributed by atoms with van der Waals surface area (Å²) in [7, 11) is 0. The van der Waals surface area contributed by atoms with E-state index in [1.54, 1.807) is 0 Å². The zero-order valence-corrected chi connectivity index (χ0v) is 6.80. The number of hydrogen-bond donors (Lipinski definition) is 2. The zero-order valence-electron chi connectivity index (χ0n) is 6.80. The molecular formula is C7H15NO3. The number of hydrogen-bond acceptors (Lipinski definition) is 2. The molecule has 0 saturated heterocycles. The second kappa shape index (κ2) is 7.34. The van der Waals surface area contributed by atoms with Crippen LogP contribution >= 0.6 is 0 Å². The Morgan fingerprint density at radius 1 is 1.45 bits per heavy atom. The van der Waals surface area contributed by atoms with Crippen LogP contribution in [0.1, 0.15) is 32.6 Å². The highest BCUT2D eigenvalue weighted by molar-refractivity contribution is 5.62. The normalized spacial score (nSPS) is 9.55. The zero-order chi connectivity index (χ0) is 8.53. The summed E-state index contributed by atoms with van der Waals surface area (Å²) >= 11 is 0. The molecule has 11 heavy (non-hydrogen) atoms. The van der Waals surface area contributed by atoms with Gasteiger partial charge in [0.2, 0.25) is 0 Å². The van der Waals surface area contributed by atoms with Gasteiger partial charge in [0.15, 0.2) is 0 Å². The van der Waals surface area contributed by atoms with E-state index in [2.05, 4.69) is 11.8 Å². The van der Waals surface area contributed by atoms with Crippen LogP contribution in [0.3, 0.4) is 0 Å². The average molecular weight is 161 g/mol. The molecule has 0 aromatic rings. The lowest BCUT2D eigenvalue weighted by Crippen LogP contribution is -2.21. The lowest BCUT2D eigenvalue weighted by Gasteiger charge is -2.00. The number of carbonyl (C=O) groups is 1. The lowest BCUT2D eigenvalue weighted by atomic mass is 10.2. The largest absolute Gasteiger partial charge is 0.464 e. The quantitative estimate of drug-likeness (QED) is 0.461. The molecule has 0 aliphatic rings. The third-order valence-corrected chi connectivity index (χ3v) is 1.26. The number of rotatable bonds is 6. The highest BCUT2D eigenvalue weighted by Crippen LogP contribution is 1.97. The summed E-state index contributed by atoms with van der Waals surface area (Å²) in [6.07, 6.45) is 3.22. The van der Waals surface area contributed by atoms with Gasteiger partial charge in [0.1, 0.15) is 0 Å². The van der Waals surface area contributed by atoms with Gasteiger partial charge in [-0.3, -0.25) is 4.84 Å². The third-order valence-electron chi connectivity index (χ3n) is 1.26. The number of carboxylic acid groups (broad SMARTS) is 1. The van der Waals surface area contributed by atoms with Crippen LogP contribution in [0.4, 0.5) is 4.79 Å². The van der Waals surface area contributed by atoms with Gasteiger partial charge in [-0.15, -0.1) is 0 Å². The summed E-state index contributed by atoms with van der Waals surface area (Å²) in [5.74, 6) is 0. The Kier molecular flexibility index (Phi) is 6.82. The van der Waals surface area contributed by atoms with E-state index in [-0.39, 0.29) is 0 Å². The smallest absolute Gasteiger partial charge is 0.428 e. The van der Waals surface area contributed by atoms with E-state index in [9.17, 15) is 4.79 Å². The fourth-order valence-corrected chi connectivity index (χ4v) is 0.714. The molecule has 4 heteroatoms. The maximum Gasteiger partial charge on any atom is 0.428 e. The summed E-state index contributed by atoms with van der Waals surface area (Å²) in [6, 6.07) is 0. The number of nitrogens with one attached hydrogen (secondary N) is 1. The molecule has 66 valence electrons. The van der Waals surface area contributed by atoms with Crippen LogP contribution in [0, 0.1) is 0 Å². The Hall–Kier alpha value is -0.770. The van der Waals surface area contributed by atoms with Crippen molar-refractivity contribution in [2.45, 2.75) is 32.6 Å². The highest BCUT2D eigenvalue weighted by Gasteiger charge is 1.92. The van der Waals surface area contributed by atoms with Gasteiger partial charge in [-0.05, 0) is 6.42 Å². The first-order valence-corrected chi connectivity index (χ1v) is 3.88. The molecule has 0 unspecified atom stereocenters. The predicted octanol–water partition coefficient (Wildman–Crippen LogP) is 1.77. The van der Waals surface area contributed by atoms with Gasteiger partial charge in [-0.2, -0.15) is 5.48 Å². The summed E-state index contributed by atoms with van der Waals surface area (Å²) in [6.45, 7) is 2.59. The molecule has 0 fully saturated rings. The van der Waals surface area contributed by atoms with Crippen LogP contribution in [-0.4, -0.2) is 17.8 Å². The molecule has 0 aliphatic heterocycles. The van der Waals surface area contributed by atoms with Crippen LogP contribution < -0.4 is 5.48 Å². The fourth-order valence-electron chi connectivity index (χ4n) is 0.714. The molecular weight excluding hydrogens is 146 g/mol. The van der Waals surface area contributed by atoms with Crippen molar-refractivity contribution in [1.82, 2.24) is 5.48 Å². The fraction of sp³-hybridized carbons (Fsp3) is 0.857. The third kappa shape index (κ3) is 9.23. The van der Waals surface area contributed by atoms with Gasteiger partial charge in [0.05, 0.1) is 6.61 Å². The van der Waals surface area contributed by atoms with Crippen molar-refractivity contribution in [3.63, 3.8) is 0 Å². The van der Waals surface area contributed by atoms with Gasteiger partial charge in [0, 0.05) is 0 Å². The molecule has 0 aromatic heterocycles. The van der Waals surface area contributed by atoms with Crippen molar-refractivity contribution in [3.8, 4) is 0 Å². The molecule has 0 aliphatic carbocycles. The number of hydroxylamine groups is 1. The molecule has 1 amide bonds. The Bertz CT molecular complexity index is 106. The van der Waals surface area contributed by atoms with Crippen molar-refractivity contribution in [2.75, 3.05) is 6.61 Å². The van der Waals surface area contributed by atoms with E-state index in [0.29, 0.717) is 6.61 Å². The first kappa shape index (κ1) is 10.2. The molecule has 0 radical (unpaired) electrons. The monoisotopic (exact) mass is 161 g/mol. The Morgan fingerprint density at radius 3 is 2.73 bits per heavy atom. The minimum Gasteiger partial charge on any atom is -0.464 e. The molecule has 0 rings (SSSR count). The summed E-state index contributed by atoms with van der Waals surface area (Å²) in [5.41, 5.74) is 1.84. The van der Waals surface area contributed by atoms with E-state index in [1.165, 1.54) is 12.8 Å². The van der Waals surface area contributed by atoms with Gasteiger partial charge in [-0.1, -0.05) is 26.2 Å². The Labute approximate surface area is 66.5 Å². The minimum atomic E-state index is -1.14. The lowest BCUT2D eigenvalue weighted by molar-refractivity contribution is 0.0401. The van der Waals surface area contributed by atoms with Crippen molar-refractivity contribution >= 4 is 6.09 Å². The number of amides is 1. The van der Waals surface area contributed by atoms with E-state index in [0.717, 1.165) is 12.8 Å². The SMILES string of the molecule is CCCCCCONC(=O)O. The van der Waals surface area contributed by atoms with E-state index >= 15 is 0 Å². The Morgan fingerprint density at radius 2 is 2.18 bits per heavy atom. The topological polar surface area (TPSA) is 58.6 Å². The summed E-state index contributed by atoms with van der Waals surface area (Å²) in [5, 5.41) is 8.08. The van der Waals surface area contributed by atoms with Crippen molar-refractivity contribution < 1.29 is 14.7 Å². The maximum atomic E-state index is 9.85. The first-order chi connectivity index (χ1) is 5.27. The molecule has 0 bridgehead atoms. The molecule has 0 spiro atoms. The minimum absolute atomic E-state index is 0.465. The van der Waals surface area contributed by atoms with Crippen LogP contribution in [0.2, 0.25) is 0 Å². The van der Waals surface area contributed by atoms with Crippen LogP contribution in [0.15, 0.2) is 0 Å². The Balaban J connectivity index is 2.85. The van der Waals surface area contributed by atoms with Crippen molar-refractivity contribution in [1.29, 1.82) is 0 Å². The van der Waals surface area contributed by atoms with E-state index in [1.807, 2.05) is 5.48 Å². The van der Waals surface area contributed by atoms with Crippen LogP contribution in [-0.2, 0) is 4.84 Å². The van der Waals surface area contributed by atoms with Gasteiger partial charge >= 0.3 is 6.09 Å². The molecule has 0 heterocycles. The standard InChI is InChI=1S/C7H15NO3/c1-2-3-4-5-6-11-8-7(9)10/h8H,2-6H2,1H3,(H,9,10). The first-order valence-electron chi connectivity index (χ1n) is 3.88. The van der Waals surface area contributed by atoms with Crippen molar-refractivity contribution in [2.24, 2.45) is 0 Å². The molecule has 2 N–H and O–H groups in total. The molecule has 0 aromatic carbocycles. The average Bonchev–Trinajstić information content (AvgIpc) is 1.96.